The molecule has 0 spiro atoms. The van der Waals surface area contributed by atoms with Crippen molar-refractivity contribution in [3.63, 3.8) is 0 Å². The molecule has 37 heavy (non-hydrogen) atoms. The van der Waals surface area contributed by atoms with Gasteiger partial charge in [-0.25, -0.2) is 8.42 Å². The van der Waals surface area contributed by atoms with Crippen LogP contribution in [0.3, 0.4) is 0 Å². The van der Waals surface area contributed by atoms with Gasteiger partial charge in [0.05, 0.1) is 18.6 Å². The van der Waals surface area contributed by atoms with Gasteiger partial charge in [0.2, 0.25) is 15.9 Å². The van der Waals surface area contributed by atoms with Gasteiger partial charge >= 0.3 is 0 Å². The Labute approximate surface area is 224 Å². The predicted molar refractivity (Wildman–Crippen MR) is 144 cm³/mol. The van der Waals surface area contributed by atoms with Crippen LogP contribution in [0.5, 0.6) is 5.75 Å². The largest absolute Gasteiger partial charge is 0.496 e. The molecule has 0 bridgehead atoms. The quantitative estimate of drug-likeness (QED) is 0.430. The van der Waals surface area contributed by atoms with Crippen LogP contribution in [-0.4, -0.2) is 75.1 Å². The van der Waals surface area contributed by atoms with E-state index in [1.165, 1.54) is 15.6 Å². The number of hydrogen-bond donors (Lipinski definition) is 1. The minimum atomic E-state index is -3.75. The number of ether oxygens (including phenoxy) is 2. The topological polar surface area (TPSA) is 96.4 Å². The van der Waals surface area contributed by atoms with Crippen LogP contribution in [0.15, 0.2) is 28.5 Å². The number of benzene rings is 1. The molecular weight excluding hydrogens is 512 g/mol. The Balaban J connectivity index is 1.34. The molecule has 1 aliphatic heterocycles. The van der Waals surface area contributed by atoms with E-state index in [4.69, 9.17) is 9.47 Å². The van der Waals surface area contributed by atoms with E-state index >= 15 is 0 Å². The number of aliphatic hydroxyl groups is 1. The van der Waals surface area contributed by atoms with Gasteiger partial charge in [-0.1, -0.05) is 6.07 Å². The van der Waals surface area contributed by atoms with Gasteiger partial charge in [-0.15, -0.1) is 11.3 Å². The van der Waals surface area contributed by atoms with Crippen molar-refractivity contribution in [3.8, 4) is 5.75 Å². The summed E-state index contributed by atoms with van der Waals surface area (Å²) in [7, 11) is -2.16. The van der Waals surface area contributed by atoms with E-state index in [1.54, 1.807) is 25.0 Å². The third-order valence-electron chi connectivity index (χ3n) is 7.59. The zero-order valence-corrected chi connectivity index (χ0v) is 23.8. The number of carbonyl (C=O) groups excluding carboxylic acids is 1. The van der Waals surface area contributed by atoms with E-state index in [-0.39, 0.29) is 25.7 Å². The van der Waals surface area contributed by atoms with Gasteiger partial charge in [0.25, 0.3) is 0 Å². The number of amides is 1. The van der Waals surface area contributed by atoms with Crippen LogP contribution < -0.4 is 4.74 Å². The fourth-order valence-electron chi connectivity index (χ4n) is 4.99. The Kier molecular flexibility index (Phi) is 8.65. The zero-order chi connectivity index (χ0) is 26.8. The highest BCUT2D eigenvalue weighted by Gasteiger charge is 2.37. The van der Waals surface area contributed by atoms with E-state index in [9.17, 15) is 18.3 Å². The summed E-state index contributed by atoms with van der Waals surface area (Å²) < 4.78 is 40.1. The Morgan fingerprint density at radius 1 is 1.22 bits per heavy atom. The van der Waals surface area contributed by atoms with Crippen LogP contribution in [0.25, 0.3) is 0 Å². The van der Waals surface area contributed by atoms with Crippen LogP contribution in [0.2, 0.25) is 0 Å². The minimum Gasteiger partial charge on any atom is -0.496 e. The molecule has 2 aliphatic rings. The van der Waals surface area contributed by atoms with Gasteiger partial charge in [-0.2, -0.15) is 4.31 Å². The van der Waals surface area contributed by atoms with E-state index < -0.39 is 15.6 Å². The maximum Gasteiger partial charge on any atom is 0.248 e. The summed E-state index contributed by atoms with van der Waals surface area (Å²) in [6.45, 7) is 7.10. The number of aryl methyl sites for hydroxylation is 1. The predicted octanol–water partition coefficient (Wildman–Crippen LogP) is 3.61. The van der Waals surface area contributed by atoms with E-state index in [0.29, 0.717) is 60.2 Å². The van der Waals surface area contributed by atoms with Crippen molar-refractivity contribution < 1.29 is 27.8 Å². The normalized spacial score (nSPS) is 17.8. The Morgan fingerprint density at radius 2 is 1.92 bits per heavy atom. The van der Waals surface area contributed by atoms with Crippen molar-refractivity contribution in [3.05, 3.63) is 45.1 Å². The van der Waals surface area contributed by atoms with Crippen molar-refractivity contribution in [1.29, 1.82) is 0 Å². The molecule has 0 atom stereocenters. The van der Waals surface area contributed by atoms with Crippen LogP contribution in [-0.2, 0) is 25.2 Å². The lowest BCUT2D eigenvalue weighted by atomic mass is 9.90. The molecule has 2 aromatic rings. The van der Waals surface area contributed by atoms with Crippen molar-refractivity contribution in [1.82, 2.24) is 9.21 Å². The number of carbonyl (C=O) groups is 1. The summed E-state index contributed by atoms with van der Waals surface area (Å²) in [4.78, 5) is 15.7. The number of sulfonamides is 1. The average molecular weight is 551 g/mol. The van der Waals surface area contributed by atoms with Gasteiger partial charge in [0, 0.05) is 31.1 Å². The summed E-state index contributed by atoms with van der Waals surface area (Å²) in [6.07, 6.45) is 3.04. The first-order valence-electron chi connectivity index (χ1n) is 12.8. The van der Waals surface area contributed by atoms with Gasteiger partial charge in [0.15, 0.2) is 0 Å². The van der Waals surface area contributed by atoms with Crippen LogP contribution >= 0.6 is 11.3 Å². The number of likely N-dealkylation sites (tertiary alicyclic amines) is 1. The lowest BCUT2D eigenvalue weighted by molar-refractivity contribution is -0.140. The standard InChI is InChI=1S/C27H38N2O6S2/c1-19-16-23(34-4)20(2)21(3)26(19)37(32,33)29(17-22-7-8-22)13-14-35-18-25(30)28-11-9-27(31,10-12-28)24-6-5-15-36-24/h5-6,15-16,22,31H,7-14,17-18H2,1-4H3. The Bertz CT molecular complexity index is 1200. The fourth-order valence-corrected chi connectivity index (χ4v) is 7.86. The third kappa shape index (κ3) is 6.20. The van der Waals surface area contributed by atoms with E-state index in [2.05, 4.69) is 0 Å². The first-order valence-corrected chi connectivity index (χ1v) is 15.2. The maximum atomic E-state index is 13.8. The molecule has 1 aromatic heterocycles. The smallest absolute Gasteiger partial charge is 0.248 e. The molecule has 1 saturated heterocycles. The molecule has 1 amide bonds. The lowest BCUT2D eigenvalue weighted by Crippen LogP contribution is -2.46. The number of thiophene rings is 1. The molecule has 1 N–H and O–H groups in total. The van der Waals surface area contributed by atoms with Gasteiger partial charge in [0.1, 0.15) is 18.0 Å². The first kappa shape index (κ1) is 28.0. The van der Waals surface area contributed by atoms with Gasteiger partial charge in [-0.05, 0) is 86.6 Å². The molecule has 0 radical (unpaired) electrons. The molecule has 1 aliphatic carbocycles. The molecule has 1 aromatic carbocycles. The summed E-state index contributed by atoms with van der Waals surface area (Å²) in [5.74, 6) is 0.908. The molecule has 10 heteroatoms. The number of rotatable bonds is 11. The molecule has 2 fully saturated rings. The highest BCUT2D eigenvalue weighted by Crippen LogP contribution is 2.36. The Morgan fingerprint density at radius 3 is 2.51 bits per heavy atom. The van der Waals surface area contributed by atoms with Crippen molar-refractivity contribution >= 4 is 27.3 Å². The van der Waals surface area contributed by atoms with Crippen LogP contribution in [0.4, 0.5) is 0 Å². The van der Waals surface area contributed by atoms with Crippen molar-refractivity contribution in [2.45, 2.75) is 57.0 Å². The highest BCUT2D eigenvalue weighted by atomic mass is 32.2. The SMILES string of the molecule is COc1cc(C)c(S(=O)(=O)N(CCOCC(=O)N2CCC(O)(c3cccs3)CC2)CC2CC2)c(C)c1C. The second-order valence-corrected chi connectivity index (χ2v) is 13.0. The molecule has 2 heterocycles. The van der Waals surface area contributed by atoms with E-state index in [0.717, 1.165) is 23.3 Å². The van der Waals surface area contributed by atoms with Gasteiger partial charge < -0.3 is 19.5 Å². The number of hydrogen-bond acceptors (Lipinski definition) is 7. The second kappa shape index (κ2) is 11.4. The monoisotopic (exact) mass is 550 g/mol. The Hall–Kier alpha value is -1.98. The molecular formula is C27H38N2O6S2. The molecule has 1 saturated carbocycles. The number of nitrogens with zero attached hydrogens (tertiary/aromatic N) is 2. The number of piperidine rings is 1. The molecule has 0 unspecified atom stereocenters. The third-order valence-corrected chi connectivity index (χ3v) is 10.8. The zero-order valence-electron chi connectivity index (χ0n) is 22.2. The summed E-state index contributed by atoms with van der Waals surface area (Å²) in [5.41, 5.74) is 1.29. The fraction of sp³-hybridized carbons (Fsp3) is 0.593. The van der Waals surface area contributed by atoms with Crippen molar-refractivity contribution in [2.75, 3.05) is 46.5 Å². The maximum absolute atomic E-state index is 13.8. The summed E-state index contributed by atoms with van der Waals surface area (Å²) in [6, 6.07) is 5.63. The summed E-state index contributed by atoms with van der Waals surface area (Å²) in [5, 5.41) is 12.9. The van der Waals surface area contributed by atoms with E-state index in [1.807, 2.05) is 31.4 Å². The number of methoxy groups -OCH3 is 1. The highest BCUT2D eigenvalue weighted by molar-refractivity contribution is 7.89. The first-order chi connectivity index (χ1) is 17.6. The molecule has 204 valence electrons. The lowest BCUT2D eigenvalue weighted by Gasteiger charge is -2.37. The second-order valence-electron chi connectivity index (χ2n) is 10.2. The minimum absolute atomic E-state index is 0.103. The van der Waals surface area contributed by atoms with Crippen LogP contribution in [0.1, 0.15) is 47.3 Å². The van der Waals surface area contributed by atoms with Crippen molar-refractivity contribution in [2.24, 2.45) is 5.92 Å². The molecule has 4 rings (SSSR count). The molecule has 8 nitrogen and oxygen atoms in total. The average Bonchev–Trinajstić information content (AvgIpc) is 3.50. The summed E-state index contributed by atoms with van der Waals surface area (Å²) >= 11 is 1.53. The van der Waals surface area contributed by atoms with Gasteiger partial charge in [-0.3, -0.25) is 4.79 Å². The van der Waals surface area contributed by atoms with Crippen LogP contribution in [0, 0.1) is 26.7 Å².